The third-order valence-corrected chi connectivity index (χ3v) is 11.0. The average Bonchev–Trinajstić information content (AvgIpc) is 3.71. The van der Waals surface area contributed by atoms with Crippen LogP contribution in [0.2, 0.25) is 0 Å². The maximum atomic E-state index is 15.8. The molecule has 4 aliphatic rings. The fourth-order valence-electron chi connectivity index (χ4n) is 8.62. The molecule has 1 amide bonds. The van der Waals surface area contributed by atoms with Gasteiger partial charge in [-0.1, -0.05) is 31.9 Å². The second-order valence-electron chi connectivity index (χ2n) is 15.3. The zero-order chi connectivity index (χ0) is 38.7. The molecule has 288 valence electrons. The summed E-state index contributed by atoms with van der Waals surface area (Å²) in [5.41, 5.74) is 7.14. The molecule has 1 aromatic carbocycles. The van der Waals surface area contributed by atoms with Gasteiger partial charge in [0.15, 0.2) is 11.5 Å². The Balaban J connectivity index is 1.32. The van der Waals surface area contributed by atoms with Crippen molar-refractivity contribution in [3.05, 3.63) is 68.9 Å². The molecule has 2 saturated heterocycles. The number of hydrogen-bond acceptors (Lipinski definition) is 9. The van der Waals surface area contributed by atoms with E-state index in [0.717, 1.165) is 55.2 Å². The highest BCUT2D eigenvalue weighted by Crippen LogP contribution is 2.45. The molecule has 0 radical (unpaired) electrons. The normalized spacial score (nSPS) is 21.3. The Bertz CT molecular complexity index is 2070. The number of anilines is 2. The molecule has 2 aromatic heterocycles. The van der Waals surface area contributed by atoms with Gasteiger partial charge in [0.25, 0.3) is 5.91 Å². The van der Waals surface area contributed by atoms with Gasteiger partial charge in [0.1, 0.15) is 12.4 Å². The van der Waals surface area contributed by atoms with E-state index < -0.39 is 40.5 Å². The highest BCUT2D eigenvalue weighted by Gasteiger charge is 2.47. The van der Waals surface area contributed by atoms with Crippen molar-refractivity contribution in [1.29, 1.82) is 0 Å². The number of fused-ring (bicyclic) bond motifs is 3. The van der Waals surface area contributed by atoms with E-state index in [9.17, 15) is 18.0 Å². The van der Waals surface area contributed by atoms with E-state index in [-0.39, 0.29) is 36.4 Å². The zero-order valence-electron chi connectivity index (χ0n) is 31.4. The van der Waals surface area contributed by atoms with Gasteiger partial charge in [-0.2, -0.15) is 28.2 Å². The van der Waals surface area contributed by atoms with Crippen molar-refractivity contribution in [1.82, 2.24) is 29.5 Å². The van der Waals surface area contributed by atoms with Crippen molar-refractivity contribution in [3.8, 4) is 17.9 Å². The SMILES string of the molecule is C=C1CN2CCC[C@@]2(COc2nc3c(c(N4CCCn5nc(C(=O)N(C)C)c(C(C)C)c5C4)n2)CO[C@H](c2c(F)c(N)cc(C#CC)c2C(F)(F)F)C3)C1. The molecule has 54 heavy (non-hydrogen) atoms. The van der Waals surface area contributed by atoms with Gasteiger partial charge in [0.05, 0.1) is 47.4 Å². The monoisotopic (exact) mass is 750 g/mol. The molecule has 0 spiro atoms. The lowest BCUT2D eigenvalue weighted by atomic mass is 9.90. The van der Waals surface area contributed by atoms with Crippen molar-refractivity contribution in [2.24, 2.45) is 0 Å². The van der Waals surface area contributed by atoms with Gasteiger partial charge in [-0.05, 0) is 51.1 Å². The van der Waals surface area contributed by atoms with Crippen molar-refractivity contribution >= 4 is 17.4 Å². The molecule has 7 rings (SSSR count). The standard InChI is InChI=1S/C39H46F4N8O3/c1-7-10-24-15-26(44)33(40)31(32(24)39(41,42)43)29-16-27-25(20-53-29)35(46-37(45-27)54-21-38-11-8-13-50(38)18-23(4)17-38)49-12-9-14-51-28(19-49)30(22(2)3)34(47-51)36(52)48(5)6/h15,22,29H,4,8-9,11-14,16-21,44H2,1-3,5-6H3/t29-,38-/m0/s1. The largest absolute Gasteiger partial charge is 0.461 e. The third-order valence-electron chi connectivity index (χ3n) is 11.0. The topological polar surface area (TPSA) is 115 Å². The maximum Gasteiger partial charge on any atom is 0.418 e. The first-order valence-corrected chi connectivity index (χ1v) is 18.4. The highest BCUT2D eigenvalue weighted by atomic mass is 19.4. The molecular formula is C39H46F4N8O3. The predicted octanol–water partition coefficient (Wildman–Crippen LogP) is 6.01. The van der Waals surface area contributed by atoms with Gasteiger partial charge in [0, 0.05) is 62.4 Å². The predicted molar refractivity (Wildman–Crippen MR) is 194 cm³/mol. The fraction of sp³-hybridized carbons (Fsp3) is 0.538. The summed E-state index contributed by atoms with van der Waals surface area (Å²) in [4.78, 5) is 29.0. The number of carbonyl (C=O) groups is 1. The Labute approximate surface area is 312 Å². The second kappa shape index (κ2) is 14.2. The summed E-state index contributed by atoms with van der Waals surface area (Å²) >= 11 is 0. The second-order valence-corrected chi connectivity index (χ2v) is 15.3. The number of ether oxygens (including phenoxy) is 2. The number of nitrogen functional groups attached to an aromatic ring is 1. The van der Waals surface area contributed by atoms with Gasteiger partial charge in [-0.3, -0.25) is 14.4 Å². The van der Waals surface area contributed by atoms with E-state index in [2.05, 4.69) is 28.2 Å². The number of amides is 1. The van der Waals surface area contributed by atoms with E-state index in [1.54, 1.807) is 14.1 Å². The van der Waals surface area contributed by atoms with Gasteiger partial charge < -0.3 is 25.0 Å². The van der Waals surface area contributed by atoms with Gasteiger partial charge in [-0.15, -0.1) is 5.92 Å². The van der Waals surface area contributed by atoms with Gasteiger partial charge >= 0.3 is 12.2 Å². The molecule has 0 saturated carbocycles. The molecule has 0 unspecified atom stereocenters. The van der Waals surface area contributed by atoms with Crippen LogP contribution in [0.4, 0.5) is 29.1 Å². The Hall–Kier alpha value is -4.68. The Morgan fingerprint density at radius 2 is 1.98 bits per heavy atom. The lowest BCUT2D eigenvalue weighted by Crippen LogP contribution is -2.43. The minimum Gasteiger partial charge on any atom is -0.461 e. The number of nitrogens with two attached hydrogens (primary N) is 1. The molecule has 3 aromatic rings. The van der Waals surface area contributed by atoms with Crippen LogP contribution < -0.4 is 15.4 Å². The minimum atomic E-state index is -4.94. The molecule has 2 fully saturated rings. The molecule has 6 heterocycles. The minimum absolute atomic E-state index is 0.0111. The molecule has 11 nitrogen and oxygen atoms in total. The van der Waals surface area contributed by atoms with Crippen LogP contribution in [0, 0.1) is 17.7 Å². The number of rotatable bonds is 7. The Kier molecular flexibility index (Phi) is 9.89. The zero-order valence-corrected chi connectivity index (χ0v) is 31.4. The first kappa shape index (κ1) is 37.6. The molecule has 0 bridgehead atoms. The average molecular weight is 751 g/mol. The van der Waals surface area contributed by atoms with Crippen LogP contribution in [-0.4, -0.2) is 81.3 Å². The number of benzene rings is 1. The highest BCUT2D eigenvalue weighted by molar-refractivity contribution is 5.94. The maximum absolute atomic E-state index is 15.8. The summed E-state index contributed by atoms with van der Waals surface area (Å²) in [6.45, 7) is 13.0. The van der Waals surface area contributed by atoms with E-state index in [0.29, 0.717) is 55.4 Å². The third kappa shape index (κ3) is 6.68. The smallest absolute Gasteiger partial charge is 0.418 e. The van der Waals surface area contributed by atoms with Crippen LogP contribution in [0.15, 0.2) is 18.2 Å². The lowest BCUT2D eigenvalue weighted by molar-refractivity contribution is -0.140. The first-order valence-electron chi connectivity index (χ1n) is 18.4. The van der Waals surface area contributed by atoms with Crippen LogP contribution in [-0.2, 0) is 37.0 Å². The van der Waals surface area contributed by atoms with Gasteiger partial charge in [0.2, 0.25) is 0 Å². The van der Waals surface area contributed by atoms with Crippen LogP contribution in [0.1, 0.15) is 108 Å². The van der Waals surface area contributed by atoms with E-state index >= 15 is 4.39 Å². The van der Waals surface area contributed by atoms with Crippen LogP contribution in [0.3, 0.4) is 0 Å². The molecule has 2 atom stereocenters. The Morgan fingerprint density at radius 1 is 1.20 bits per heavy atom. The lowest BCUT2D eigenvalue weighted by Gasteiger charge is -2.33. The summed E-state index contributed by atoms with van der Waals surface area (Å²) in [6, 6.07) is 0.993. The summed E-state index contributed by atoms with van der Waals surface area (Å²) in [5.74, 6) is 4.05. The summed E-state index contributed by atoms with van der Waals surface area (Å²) in [5, 5.41) is 4.76. The molecule has 2 N–H and O–H groups in total. The Morgan fingerprint density at radius 3 is 2.69 bits per heavy atom. The number of nitrogens with zero attached hydrogens (tertiary/aromatic N) is 7. The molecular weight excluding hydrogens is 704 g/mol. The number of halogens is 4. The van der Waals surface area contributed by atoms with Crippen molar-refractivity contribution in [3.63, 3.8) is 0 Å². The van der Waals surface area contributed by atoms with Gasteiger partial charge in [-0.25, -0.2) is 4.39 Å². The number of carbonyl (C=O) groups excluding carboxylic acids is 1. The quantitative estimate of drug-likeness (QED) is 0.134. The number of aryl methyl sites for hydroxylation is 1. The number of aromatic nitrogens is 4. The van der Waals surface area contributed by atoms with Crippen LogP contribution in [0.5, 0.6) is 6.01 Å². The molecule has 0 aliphatic carbocycles. The molecule has 15 heteroatoms. The van der Waals surface area contributed by atoms with E-state index in [1.165, 1.54) is 11.8 Å². The van der Waals surface area contributed by atoms with Crippen molar-refractivity contribution < 1.29 is 31.8 Å². The van der Waals surface area contributed by atoms with Crippen molar-refractivity contribution in [2.75, 3.05) is 51.0 Å². The van der Waals surface area contributed by atoms with Crippen LogP contribution in [0.25, 0.3) is 0 Å². The molecule has 4 aliphatic heterocycles. The number of hydrogen-bond donors (Lipinski definition) is 1. The number of alkyl halides is 3. The van der Waals surface area contributed by atoms with E-state index in [4.69, 9.17) is 30.3 Å². The van der Waals surface area contributed by atoms with Crippen LogP contribution >= 0.6 is 0 Å². The summed E-state index contributed by atoms with van der Waals surface area (Å²) < 4.78 is 74.3. The first-order chi connectivity index (χ1) is 25.6. The van der Waals surface area contributed by atoms with E-state index in [1.807, 2.05) is 18.5 Å². The van der Waals surface area contributed by atoms with Crippen molar-refractivity contribution in [2.45, 2.75) is 96.3 Å². The summed E-state index contributed by atoms with van der Waals surface area (Å²) in [6.07, 6.45) is -3.08. The fourth-order valence-corrected chi connectivity index (χ4v) is 8.62. The summed E-state index contributed by atoms with van der Waals surface area (Å²) in [7, 11) is 3.39.